The molecular weight excluding hydrogens is 648 g/mol. The van der Waals surface area contributed by atoms with Crippen molar-refractivity contribution < 1.29 is 18.0 Å². The van der Waals surface area contributed by atoms with E-state index in [0.29, 0.717) is 21.7 Å². The van der Waals surface area contributed by atoms with Gasteiger partial charge < -0.3 is 20.4 Å². The van der Waals surface area contributed by atoms with E-state index in [1.165, 1.54) is 34.7 Å². The van der Waals surface area contributed by atoms with Gasteiger partial charge in [-0.05, 0) is 75.0 Å². The number of thiophene rings is 1. The Morgan fingerprint density at radius 3 is 2.57 bits per heavy atom. The Morgan fingerprint density at radius 1 is 1.16 bits per heavy atom. The van der Waals surface area contributed by atoms with E-state index in [9.17, 15) is 23.2 Å². The second-order valence-corrected chi connectivity index (χ2v) is 16.1. The number of likely N-dealkylation sites (tertiary alicyclic amines) is 1. The van der Waals surface area contributed by atoms with E-state index in [-0.39, 0.29) is 22.2 Å². The average molecular weight is 690 g/mol. The highest BCUT2D eigenvalue weighted by Crippen LogP contribution is 2.65. The Kier molecular flexibility index (Phi) is 7.73. The summed E-state index contributed by atoms with van der Waals surface area (Å²) in [6.45, 7) is 18.0. The van der Waals surface area contributed by atoms with E-state index in [0.717, 1.165) is 56.8 Å². The van der Waals surface area contributed by atoms with Crippen LogP contribution in [0.15, 0.2) is 71.3 Å². The molecule has 49 heavy (non-hydrogen) atoms. The molecule has 1 amide bonds. The molecule has 0 aromatic carbocycles. The topological polar surface area (TPSA) is 97.2 Å². The molecule has 0 bridgehead atoms. The first-order chi connectivity index (χ1) is 23.0. The van der Waals surface area contributed by atoms with Gasteiger partial charge in [-0.2, -0.15) is 18.4 Å². The minimum atomic E-state index is -4.28. The second-order valence-electron chi connectivity index (χ2n) is 15.0. The number of carbonyl (C=O) groups excluding carboxylic acids is 1. The summed E-state index contributed by atoms with van der Waals surface area (Å²) in [5.74, 6) is 0.338. The molecule has 4 unspecified atom stereocenters. The minimum absolute atomic E-state index is 0.102. The normalized spacial score (nSPS) is 31.5. The summed E-state index contributed by atoms with van der Waals surface area (Å²) in [7, 11) is 0. The lowest BCUT2D eigenvalue weighted by Gasteiger charge is -2.62. The van der Waals surface area contributed by atoms with Gasteiger partial charge in [0.25, 0.3) is 0 Å². The van der Waals surface area contributed by atoms with Crippen molar-refractivity contribution in [1.82, 2.24) is 25.1 Å². The molecule has 3 aliphatic heterocycles. The van der Waals surface area contributed by atoms with Crippen LogP contribution in [-0.4, -0.2) is 75.1 Å². The lowest BCUT2D eigenvalue weighted by molar-refractivity contribution is -0.126. The zero-order valence-electron chi connectivity index (χ0n) is 28.6. The van der Waals surface area contributed by atoms with Crippen molar-refractivity contribution in [1.29, 1.82) is 5.26 Å². The van der Waals surface area contributed by atoms with E-state index < -0.39 is 29.1 Å². The summed E-state index contributed by atoms with van der Waals surface area (Å²) in [6.07, 6.45) is 6.51. The molecule has 5 aliphatic rings. The Bertz CT molecular complexity index is 1930. The molecule has 2 aliphatic carbocycles. The molecule has 0 radical (unpaired) electrons. The number of nitriles is 1. The van der Waals surface area contributed by atoms with Crippen LogP contribution in [0.2, 0.25) is 0 Å². The molecule has 4 atom stereocenters. The molecule has 2 aromatic rings. The van der Waals surface area contributed by atoms with Gasteiger partial charge in [0.2, 0.25) is 5.91 Å². The number of halogens is 3. The molecule has 0 saturated carbocycles. The van der Waals surface area contributed by atoms with Crippen molar-refractivity contribution in [3.05, 3.63) is 76.1 Å². The fourth-order valence-corrected chi connectivity index (χ4v) is 10.5. The van der Waals surface area contributed by atoms with E-state index in [1.807, 2.05) is 0 Å². The summed E-state index contributed by atoms with van der Waals surface area (Å²) in [4.78, 5) is 27.1. The van der Waals surface area contributed by atoms with Crippen molar-refractivity contribution in [2.24, 2.45) is 10.8 Å². The highest BCUT2D eigenvalue weighted by atomic mass is 32.1. The number of anilines is 1. The first kappa shape index (κ1) is 33.5. The molecule has 2 saturated heterocycles. The number of fused-ring (bicyclic) bond motifs is 1. The van der Waals surface area contributed by atoms with Gasteiger partial charge in [0.15, 0.2) is 0 Å². The summed E-state index contributed by atoms with van der Waals surface area (Å²) in [5.41, 5.74) is 3.56. The molecule has 5 heterocycles. The fourth-order valence-electron chi connectivity index (χ4n) is 9.46. The first-order valence-electron chi connectivity index (χ1n) is 16.9. The summed E-state index contributed by atoms with van der Waals surface area (Å²) in [6, 6.07) is 4.13. The number of rotatable bonds is 7. The number of aromatic nitrogens is 2. The molecule has 8 nitrogen and oxygen atoms in total. The van der Waals surface area contributed by atoms with Crippen LogP contribution in [0, 0.1) is 22.2 Å². The Labute approximate surface area is 289 Å². The maximum absolute atomic E-state index is 13.1. The molecule has 2 N–H and O–H groups in total. The van der Waals surface area contributed by atoms with Crippen molar-refractivity contribution >= 4 is 33.3 Å². The zero-order chi connectivity index (χ0) is 35.1. The van der Waals surface area contributed by atoms with Gasteiger partial charge in [-0.1, -0.05) is 38.2 Å². The van der Waals surface area contributed by atoms with E-state index in [2.05, 4.69) is 95.9 Å². The quantitative estimate of drug-likeness (QED) is 0.243. The SMILES string of the molecule is C=CC(=O)NC1(C)C=CC2(C)CCN3C(C#N)=CC4=C(C)C(C)(CN5CCC(Nc6ncnc7sc(CC(F)(F)F)cc67)CC5)C1=C2C43C. The Balaban J connectivity index is 1.19. The first-order valence-corrected chi connectivity index (χ1v) is 17.7. The predicted octanol–water partition coefficient (Wildman–Crippen LogP) is 6.83. The zero-order valence-corrected chi connectivity index (χ0v) is 29.4. The largest absolute Gasteiger partial charge is 0.393 e. The number of carbonyl (C=O) groups is 1. The Hall–Kier alpha value is -3.95. The van der Waals surface area contributed by atoms with Crippen molar-refractivity contribution in [2.45, 2.75) is 83.6 Å². The van der Waals surface area contributed by atoms with Crippen molar-refractivity contribution in [3.8, 4) is 6.07 Å². The van der Waals surface area contributed by atoms with E-state index in [4.69, 9.17) is 0 Å². The van der Waals surface area contributed by atoms with Crippen molar-refractivity contribution in [3.63, 3.8) is 0 Å². The molecule has 0 spiro atoms. The van der Waals surface area contributed by atoms with Gasteiger partial charge in [-0.15, -0.1) is 11.3 Å². The summed E-state index contributed by atoms with van der Waals surface area (Å²) in [5, 5.41) is 17.7. The van der Waals surface area contributed by atoms with E-state index in [1.54, 1.807) is 6.07 Å². The van der Waals surface area contributed by atoms with Crippen LogP contribution in [0.3, 0.4) is 0 Å². The van der Waals surface area contributed by atoms with E-state index >= 15 is 0 Å². The van der Waals surface area contributed by atoms with Crippen LogP contribution in [0.5, 0.6) is 0 Å². The van der Waals surface area contributed by atoms with Crippen LogP contribution < -0.4 is 10.6 Å². The number of nitrogens with one attached hydrogen (secondary N) is 2. The van der Waals surface area contributed by atoms with Gasteiger partial charge in [-0.25, -0.2) is 9.97 Å². The van der Waals surface area contributed by atoms with Gasteiger partial charge in [-0.3, -0.25) is 4.79 Å². The average Bonchev–Trinajstić information content (AvgIpc) is 3.58. The molecule has 258 valence electrons. The molecule has 7 rings (SSSR count). The highest BCUT2D eigenvalue weighted by Gasteiger charge is 2.63. The maximum atomic E-state index is 13.1. The lowest BCUT2D eigenvalue weighted by atomic mass is 9.49. The molecule has 2 aromatic heterocycles. The van der Waals surface area contributed by atoms with Crippen LogP contribution in [0.25, 0.3) is 10.2 Å². The monoisotopic (exact) mass is 689 g/mol. The number of nitrogens with zero attached hydrogens (tertiary/aromatic N) is 5. The fraction of sp³-hybridized carbons (Fsp3) is 0.514. The third kappa shape index (κ3) is 5.23. The summed E-state index contributed by atoms with van der Waals surface area (Å²) < 4.78 is 39.2. The van der Waals surface area contributed by atoms with Gasteiger partial charge in [0, 0.05) is 47.9 Å². The third-order valence-electron chi connectivity index (χ3n) is 11.8. The molecule has 12 heteroatoms. The lowest BCUT2D eigenvalue weighted by Crippen LogP contribution is -2.64. The smallest absolute Gasteiger partial charge is 0.367 e. The maximum Gasteiger partial charge on any atom is 0.393 e. The summed E-state index contributed by atoms with van der Waals surface area (Å²) >= 11 is 1.06. The van der Waals surface area contributed by atoms with Crippen LogP contribution in [0.1, 0.15) is 58.8 Å². The number of hydrogen-bond donors (Lipinski definition) is 2. The van der Waals surface area contributed by atoms with Crippen LogP contribution >= 0.6 is 11.3 Å². The predicted molar refractivity (Wildman–Crippen MR) is 186 cm³/mol. The Morgan fingerprint density at radius 2 is 1.90 bits per heavy atom. The minimum Gasteiger partial charge on any atom is -0.367 e. The molecular formula is C37H42F3N7OS. The van der Waals surface area contributed by atoms with Gasteiger partial charge >= 0.3 is 6.18 Å². The number of allylic oxidation sites excluding steroid dienone is 2. The molecule has 2 fully saturated rings. The number of piperidine rings is 2. The van der Waals surface area contributed by atoms with Gasteiger partial charge in [0.05, 0.1) is 22.9 Å². The number of hydrogen-bond acceptors (Lipinski definition) is 8. The highest BCUT2D eigenvalue weighted by molar-refractivity contribution is 7.18. The standard InChI is InChI=1S/C37H42F3N7OS/c1-7-28(48)45-35(5)11-10-33(3)12-15-47-24(19-41)16-27-22(2)34(4,30(35)29(33)36(27,47)6)20-46-13-8-23(9-14-46)44-31-26-17-25(18-37(38,39)40)49-32(26)43-21-42-31/h7,10-11,16-17,21,23H,1,8-9,12-15,18,20H2,2-6H3,(H,45,48)(H,42,43,44). The third-order valence-corrected chi connectivity index (χ3v) is 12.8. The van der Waals surface area contributed by atoms with Crippen LogP contribution in [-0.2, 0) is 11.2 Å². The van der Waals surface area contributed by atoms with Crippen LogP contribution in [0.4, 0.5) is 19.0 Å². The number of alkyl halides is 3. The second kappa shape index (κ2) is 11.3. The van der Waals surface area contributed by atoms with Gasteiger partial charge in [0.1, 0.15) is 28.7 Å². The number of amides is 1. The van der Waals surface area contributed by atoms with Crippen molar-refractivity contribution in [2.75, 3.05) is 31.5 Å².